The molecule has 110 valence electrons. The number of aliphatic hydroxyl groups is 1. The zero-order chi connectivity index (χ0) is 14.5. The molecule has 0 bridgehead atoms. The number of hydrogen-bond donors (Lipinski definition) is 2. The molecule has 6 heteroatoms. The summed E-state index contributed by atoms with van der Waals surface area (Å²) in [6.45, 7) is 1.74. The van der Waals surface area contributed by atoms with Crippen molar-refractivity contribution < 1.29 is 18.7 Å². The quantitative estimate of drug-likeness (QED) is 0.863. The summed E-state index contributed by atoms with van der Waals surface area (Å²) in [4.78, 5) is 13.7. The van der Waals surface area contributed by atoms with Crippen LogP contribution < -0.4 is 5.32 Å². The summed E-state index contributed by atoms with van der Waals surface area (Å²) in [5.74, 6) is -1.60. The molecule has 2 rings (SSSR count). The summed E-state index contributed by atoms with van der Waals surface area (Å²) < 4.78 is 26.8. The highest BCUT2D eigenvalue weighted by atomic mass is 19.1. The lowest BCUT2D eigenvalue weighted by atomic mass is 10.1. The van der Waals surface area contributed by atoms with E-state index < -0.39 is 23.2 Å². The van der Waals surface area contributed by atoms with Gasteiger partial charge in [0, 0.05) is 13.2 Å². The Morgan fingerprint density at radius 2 is 2.10 bits per heavy atom. The van der Waals surface area contributed by atoms with Crippen LogP contribution in [0.4, 0.5) is 14.5 Å². The molecule has 1 amide bonds. The molecule has 1 aliphatic rings. The van der Waals surface area contributed by atoms with Crippen LogP contribution in [0.15, 0.2) is 18.2 Å². The van der Waals surface area contributed by atoms with E-state index in [1.54, 1.807) is 0 Å². The van der Waals surface area contributed by atoms with Crippen LogP contribution in [-0.2, 0) is 4.79 Å². The number of hydrogen-bond acceptors (Lipinski definition) is 3. The van der Waals surface area contributed by atoms with Crippen molar-refractivity contribution in [3.05, 3.63) is 29.8 Å². The maximum atomic E-state index is 13.4. The van der Waals surface area contributed by atoms with E-state index in [0.717, 1.165) is 38.1 Å². The van der Waals surface area contributed by atoms with Crippen molar-refractivity contribution in [2.24, 2.45) is 5.92 Å². The molecule has 1 aliphatic heterocycles. The minimum absolute atomic E-state index is 0.107. The smallest absolute Gasteiger partial charge is 0.238 e. The van der Waals surface area contributed by atoms with E-state index in [0.29, 0.717) is 5.92 Å². The molecule has 0 radical (unpaired) electrons. The molecule has 0 aliphatic carbocycles. The third-order valence-corrected chi connectivity index (χ3v) is 3.50. The van der Waals surface area contributed by atoms with E-state index in [-0.39, 0.29) is 13.2 Å². The van der Waals surface area contributed by atoms with Crippen LogP contribution in [0.2, 0.25) is 0 Å². The first-order chi connectivity index (χ1) is 9.60. The molecule has 1 unspecified atom stereocenters. The molecule has 1 aromatic carbocycles. The fraction of sp³-hybridized carbons (Fsp3) is 0.500. The van der Waals surface area contributed by atoms with Crippen LogP contribution in [0, 0.1) is 17.6 Å². The summed E-state index contributed by atoms with van der Waals surface area (Å²) in [5, 5.41) is 11.1. The van der Waals surface area contributed by atoms with Crippen LogP contribution in [0.5, 0.6) is 0 Å². The lowest BCUT2D eigenvalue weighted by molar-refractivity contribution is -0.117. The minimum Gasteiger partial charge on any atom is -0.396 e. The van der Waals surface area contributed by atoms with E-state index >= 15 is 0 Å². The van der Waals surface area contributed by atoms with E-state index in [2.05, 4.69) is 5.32 Å². The number of nitrogens with zero attached hydrogens (tertiary/aromatic N) is 1. The number of halogens is 2. The molecule has 1 aromatic rings. The summed E-state index contributed by atoms with van der Waals surface area (Å²) >= 11 is 0. The normalized spacial score (nSPS) is 19.2. The number of aliphatic hydroxyl groups excluding tert-OH is 1. The van der Waals surface area contributed by atoms with Crippen molar-refractivity contribution in [1.82, 2.24) is 4.90 Å². The monoisotopic (exact) mass is 284 g/mol. The Bertz CT molecular complexity index is 462. The molecular formula is C14H18F2N2O2. The first-order valence-electron chi connectivity index (χ1n) is 6.67. The highest BCUT2D eigenvalue weighted by Crippen LogP contribution is 2.20. The van der Waals surface area contributed by atoms with Crippen molar-refractivity contribution in [3.8, 4) is 0 Å². The van der Waals surface area contributed by atoms with Gasteiger partial charge in [-0.1, -0.05) is 6.07 Å². The number of rotatable bonds is 5. The number of para-hydroxylation sites is 1. The van der Waals surface area contributed by atoms with Gasteiger partial charge in [0.2, 0.25) is 5.91 Å². The van der Waals surface area contributed by atoms with Gasteiger partial charge in [0.05, 0.1) is 6.54 Å². The van der Waals surface area contributed by atoms with Crippen LogP contribution in [-0.4, -0.2) is 42.2 Å². The number of amides is 1. The topological polar surface area (TPSA) is 52.6 Å². The first kappa shape index (κ1) is 14.9. The van der Waals surface area contributed by atoms with Gasteiger partial charge in [-0.25, -0.2) is 8.78 Å². The zero-order valence-corrected chi connectivity index (χ0v) is 11.1. The van der Waals surface area contributed by atoms with Gasteiger partial charge in [-0.15, -0.1) is 0 Å². The fourth-order valence-electron chi connectivity index (χ4n) is 2.47. The molecule has 2 N–H and O–H groups in total. The third-order valence-electron chi connectivity index (χ3n) is 3.50. The first-order valence-corrected chi connectivity index (χ1v) is 6.67. The maximum Gasteiger partial charge on any atom is 0.238 e. The van der Waals surface area contributed by atoms with Crippen LogP contribution in [0.25, 0.3) is 0 Å². The molecule has 4 nitrogen and oxygen atoms in total. The molecule has 1 atom stereocenters. The molecule has 0 spiro atoms. The lowest BCUT2D eigenvalue weighted by Crippen LogP contribution is -2.32. The molecule has 1 heterocycles. The predicted molar refractivity (Wildman–Crippen MR) is 71.2 cm³/mol. The Morgan fingerprint density at radius 3 is 2.75 bits per heavy atom. The largest absolute Gasteiger partial charge is 0.396 e. The summed E-state index contributed by atoms with van der Waals surface area (Å²) in [6, 6.07) is 3.46. The van der Waals surface area contributed by atoms with Crippen LogP contribution >= 0.6 is 0 Å². The number of likely N-dealkylation sites (tertiary alicyclic amines) is 1. The van der Waals surface area contributed by atoms with E-state index in [1.807, 2.05) is 4.90 Å². The maximum absolute atomic E-state index is 13.4. The van der Waals surface area contributed by atoms with Crippen molar-refractivity contribution in [1.29, 1.82) is 0 Å². The molecule has 1 fully saturated rings. The van der Waals surface area contributed by atoms with Crippen LogP contribution in [0.1, 0.15) is 12.8 Å². The Balaban J connectivity index is 1.87. The van der Waals surface area contributed by atoms with Crippen molar-refractivity contribution >= 4 is 11.6 Å². The number of anilines is 1. The van der Waals surface area contributed by atoms with Gasteiger partial charge in [0.15, 0.2) is 0 Å². The Kier molecular flexibility index (Phi) is 5.03. The summed E-state index contributed by atoms with van der Waals surface area (Å²) in [5.41, 5.74) is -0.399. The van der Waals surface area contributed by atoms with Crippen molar-refractivity contribution in [2.75, 3.05) is 31.6 Å². The standard InChI is InChI=1S/C14H18F2N2O2/c15-11-2-1-3-12(16)14(11)17-13(20)9-18-6-4-10(8-18)5-7-19/h1-3,10,19H,4-9H2,(H,17,20). The summed E-state index contributed by atoms with van der Waals surface area (Å²) in [7, 11) is 0. The summed E-state index contributed by atoms with van der Waals surface area (Å²) in [6.07, 6.45) is 1.65. The van der Waals surface area contributed by atoms with Gasteiger partial charge in [-0.2, -0.15) is 0 Å². The van der Waals surface area contributed by atoms with Gasteiger partial charge < -0.3 is 10.4 Å². The molecule has 20 heavy (non-hydrogen) atoms. The number of nitrogens with one attached hydrogen (secondary N) is 1. The van der Waals surface area contributed by atoms with Gasteiger partial charge >= 0.3 is 0 Å². The van der Waals surface area contributed by atoms with Crippen molar-refractivity contribution in [2.45, 2.75) is 12.8 Å². The molecule has 0 aromatic heterocycles. The number of carbonyl (C=O) groups is 1. The molecule has 0 saturated carbocycles. The Labute approximate surface area is 116 Å². The molecular weight excluding hydrogens is 266 g/mol. The fourth-order valence-corrected chi connectivity index (χ4v) is 2.47. The zero-order valence-electron chi connectivity index (χ0n) is 11.1. The second-order valence-corrected chi connectivity index (χ2v) is 5.05. The SMILES string of the molecule is O=C(CN1CCC(CCO)C1)Nc1c(F)cccc1F. The highest BCUT2D eigenvalue weighted by Gasteiger charge is 2.24. The van der Waals surface area contributed by atoms with Gasteiger partial charge in [-0.05, 0) is 37.4 Å². The third kappa shape index (κ3) is 3.74. The lowest BCUT2D eigenvalue weighted by Gasteiger charge is -2.15. The predicted octanol–water partition coefficient (Wildman–Crippen LogP) is 1.61. The van der Waals surface area contributed by atoms with Crippen LogP contribution in [0.3, 0.4) is 0 Å². The van der Waals surface area contributed by atoms with Crippen molar-refractivity contribution in [3.63, 3.8) is 0 Å². The Morgan fingerprint density at radius 1 is 1.40 bits per heavy atom. The van der Waals surface area contributed by atoms with E-state index in [9.17, 15) is 13.6 Å². The number of carbonyl (C=O) groups excluding carboxylic acids is 1. The molecule has 1 saturated heterocycles. The second-order valence-electron chi connectivity index (χ2n) is 5.05. The minimum atomic E-state index is -0.780. The van der Waals surface area contributed by atoms with E-state index in [4.69, 9.17) is 5.11 Å². The van der Waals surface area contributed by atoms with Gasteiger partial charge in [0.1, 0.15) is 17.3 Å². The van der Waals surface area contributed by atoms with Gasteiger partial charge in [0.25, 0.3) is 0 Å². The van der Waals surface area contributed by atoms with Gasteiger partial charge in [-0.3, -0.25) is 9.69 Å². The second kappa shape index (κ2) is 6.76. The van der Waals surface area contributed by atoms with E-state index in [1.165, 1.54) is 6.07 Å². The average molecular weight is 284 g/mol. The Hall–Kier alpha value is -1.53. The highest BCUT2D eigenvalue weighted by molar-refractivity contribution is 5.92. The number of benzene rings is 1. The average Bonchev–Trinajstić information content (AvgIpc) is 2.82.